The van der Waals surface area contributed by atoms with Gasteiger partial charge in [-0.05, 0) is 26.8 Å². The number of aromatic carboxylic acids is 1. The van der Waals surface area contributed by atoms with Crippen molar-refractivity contribution in [1.82, 2.24) is 10.2 Å². The van der Waals surface area contributed by atoms with E-state index in [9.17, 15) is 9.59 Å². The number of hydrogen-bond donors (Lipinski definition) is 2. The van der Waals surface area contributed by atoms with Crippen molar-refractivity contribution in [1.29, 1.82) is 0 Å². The van der Waals surface area contributed by atoms with Crippen LogP contribution in [0.2, 0.25) is 0 Å². The van der Waals surface area contributed by atoms with Gasteiger partial charge >= 0.3 is 12.0 Å². The summed E-state index contributed by atoms with van der Waals surface area (Å²) in [5, 5.41) is 11.7. The number of morpholine rings is 1. The third-order valence-corrected chi connectivity index (χ3v) is 3.50. The number of urea groups is 1. The number of hydrogen-bond acceptors (Lipinski definition) is 4. The highest BCUT2D eigenvalue weighted by Crippen LogP contribution is 2.19. The minimum atomic E-state index is -1.04. The molecule has 1 saturated heterocycles. The first kappa shape index (κ1) is 15.4. The van der Waals surface area contributed by atoms with Gasteiger partial charge in [0.15, 0.2) is 0 Å². The molecule has 7 nitrogen and oxygen atoms in total. The molecule has 0 aliphatic carbocycles. The Bertz CT molecular complexity index is 550. The first-order valence-electron chi connectivity index (χ1n) is 6.77. The zero-order valence-electron chi connectivity index (χ0n) is 12.4. The SMILES string of the molecule is Cc1oc(CNC(=O)N2CCOCC2(C)C)cc1C(=O)O. The quantitative estimate of drug-likeness (QED) is 0.884. The van der Waals surface area contributed by atoms with Gasteiger partial charge in [0.1, 0.15) is 17.1 Å². The number of carbonyl (C=O) groups excluding carboxylic acids is 1. The van der Waals surface area contributed by atoms with Crippen LogP contribution < -0.4 is 5.32 Å². The number of carbonyl (C=O) groups is 2. The second kappa shape index (κ2) is 5.77. The minimum Gasteiger partial charge on any atom is -0.478 e. The second-order valence-corrected chi connectivity index (χ2v) is 5.66. The molecule has 21 heavy (non-hydrogen) atoms. The van der Waals surface area contributed by atoms with E-state index in [1.165, 1.54) is 6.07 Å². The fourth-order valence-corrected chi connectivity index (χ4v) is 2.34. The van der Waals surface area contributed by atoms with E-state index in [0.29, 0.717) is 31.3 Å². The molecule has 2 amide bonds. The smallest absolute Gasteiger partial charge is 0.339 e. The Kier molecular flexibility index (Phi) is 4.22. The standard InChI is InChI=1S/C14H20N2O5/c1-9-11(12(17)18)6-10(21-9)7-15-13(19)16-4-5-20-8-14(16,2)3/h6H,4-5,7-8H2,1-3H3,(H,15,19)(H,17,18). The maximum absolute atomic E-state index is 12.2. The van der Waals surface area contributed by atoms with Crippen molar-refractivity contribution in [2.45, 2.75) is 32.9 Å². The predicted molar refractivity (Wildman–Crippen MR) is 74.2 cm³/mol. The highest BCUT2D eigenvalue weighted by atomic mass is 16.5. The van der Waals surface area contributed by atoms with E-state index >= 15 is 0 Å². The molecule has 0 atom stereocenters. The van der Waals surface area contributed by atoms with E-state index in [2.05, 4.69) is 5.32 Å². The molecule has 1 fully saturated rings. The molecule has 2 heterocycles. The van der Waals surface area contributed by atoms with Gasteiger partial charge in [0.05, 0.1) is 25.3 Å². The van der Waals surface area contributed by atoms with Gasteiger partial charge in [0.2, 0.25) is 0 Å². The summed E-state index contributed by atoms with van der Waals surface area (Å²) < 4.78 is 10.7. The van der Waals surface area contributed by atoms with Gasteiger partial charge in [-0.25, -0.2) is 9.59 Å². The van der Waals surface area contributed by atoms with Crippen molar-refractivity contribution < 1.29 is 23.8 Å². The highest BCUT2D eigenvalue weighted by molar-refractivity contribution is 5.88. The lowest BCUT2D eigenvalue weighted by Gasteiger charge is -2.41. The van der Waals surface area contributed by atoms with Crippen LogP contribution in [-0.4, -0.2) is 47.3 Å². The van der Waals surface area contributed by atoms with Crippen molar-refractivity contribution in [2.24, 2.45) is 0 Å². The van der Waals surface area contributed by atoms with Crippen LogP contribution in [0.15, 0.2) is 10.5 Å². The zero-order chi connectivity index (χ0) is 15.6. The molecule has 0 bridgehead atoms. The fraction of sp³-hybridized carbons (Fsp3) is 0.571. The summed E-state index contributed by atoms with van der Waals surface area (Å²) >= 11 is 0. The Labute approximate surface area is 122 Å². The van der Waals surface area contributed by atoms with Crippen LogP contribution in [0.3, 0.4) is 0 Å². The Hall–Kier alpha value is -2.02. The molecule has 1 aromatic heterocycles. The monoisotopic (exact) mass is 296 g/mol. The topological polar surface area (TPSA) is 92.0 Å². The molecule has 0 unspecified atom stereocenters. The highest BCUT2D eigenvalue weighted by Gasteiger charge is 2.34. The molecule has 2 N–H and O–H groups in total. The van der Waals surface area contributed by atoms with Crippen molar-refractivity contribution >= 4 is 12.0 Å². The molecule has 7 heteroatoms. The molecular formula is C14H20N2O5. The molecule has 1 aliphatic rings. The van der Waals surface area contributed by atoms with Crippen molar-refractivity contribution in [3.63, 3.8) is 0 Å². The van der Waals surface area contributed by atoms with Gasteiger partial charge < -0.3 is 24.5 Å². The molecule has 1 aromatic rings. The van der Waals surface area contributed by atoms with Gasteiger partial charge in [0, 0.05) is 6.54 Å². The lowest BCUT2D eigenvalue weighted by molar-refractivity contribution is -0.0279. The van der Waals surface area contributed by atoms with Crippen molar-refractivity contribution in [3.05, 3.63) is 23.2 Å². The Morgan fingerprint density at radius 2 is 2.19 bits per heavy atom. The van der Waals surface area contributed by atoms with Crippen LogP contribution in [0.1, 0.15) is 35.7 Å². The third-order valence-electron chi connectivity index (χ3n) is 3.50. The summed E-state index contributed by atoms with van der Waals surface area (Å²) in [5.41, 5.74) is -0.251. The number of carboxylic acids is 1. The average molecular weight is 296 g/mol. The fourth-order valence-electron chi connectivity index (χ4n) is 2.34. The summed E-state index contributed by atoms with van der Waals surface area (Å²) in [5.74, 6) is -0.286. The molecule has 1 aliphatic heterocycles. The largest absolute Gasteiger partial charge is 0.478 e. The van der Waals surface area contributed by atoms with E-state index in [1.54, 1.807) is 11.8 Å². The number of ether oxygens (including phenoxy) is 1. The van der Waals surface area contributed by atoms with E-state index in [-0.39, 0.29) is 23.7 Å². The number of amides is 2. The summed E-state index contributed by atoms with van der Waals surface area (Å²) in [7, 11) is 0. The number of nitrogens with one attached hydrogen (secondary N) is 1. The maximum Gasteiger partial charge on any atom is 0.339 e. The van der Waals surface area contributed by atoms with Gasteiger partial charge in [-0.1, -0.05) is 0 Å². The summed E-state index contributed by atoms with van der Waals surface area (Å²) in [4.78, 5) is 24.9. The molecule has 0 radical (unpaired) electrons. The maximum atomic E-state index is 12.2. The van der Waals surface area contributed by atoms with Crippen molar-refractivity contribution in [2.75, 3.05) is 19.8 Å². The average Bonchev–Trinajstić information content (AvgIpc) is 2.77. The van der Waals surface area contributed by atoms with E-state index in [1.807, 2.05) is 13.8 Å². The number of aryl methyl sites for hydroxylation is 1. The van der Waals surface area contributed by atoms with Gasteiger partial charge in [-0.3, -0.25) is 0 Å². The first-order chi connectivity index (χ1) is 9.81. The van der Waals surface area contributed by atoms with Crippen LogP contribution in [0.4, 0.5) is 4.79 Å². The van der Waals surface area contributed by atoms with Crippen LogP contribution in [-0.2, 0) is 11.3 Å². The molecule has 0 saturated carbocycles. The third kappa shape index (κ3) is 3.36. The summed E-state index contributed by atoms with van der Waals surface area (Å²) in [6.07, 6.45) is 0. The first-order valence-corrected chi connectivity index (χ1v) is 6.77. The van der Waals surface area contributed by atoms with Crippen LogP contribution in [0.25, 0.3) is 0 Å². The van der Waals surface area contributed by atoms with Crippen LogP contribution >= 0.6 is 0 Å². The zero-order valence-corrected chi connectivity index (χ0v) is 12.4. The molecule has 0 aromatic carbocycles. The lowest BCUT2D eigenvalue weighted by atomic mass is 10.0. The number of rotatable bonds is 3. The molecule has 0 spiro atoms. The summed E-state index contributed by atoms with van der Waals surface area (Å²) in [6, 6.07) is 1.22. The number of furan rings is 1. The Balaban J connectivity index is 1.98. The van der Waals surface area contributed by atoms with E-state index in [4.69, 9.17) is 14.3 Å². The van der Waals surface area contributed by atoms with Gasteiger partial charge in [-0.2, -0.15) is 0 Å². The predicted octanol–water partition coefficient (Wildman–Crippen LogP) is 1.61. The van der Waals surface area contributed by atoms with Crippen LogP contribution in [0.5, 0.6) is 0 Å². The molecule has 2 rings (SSSR count). The van der Waals surface area contributed by atoms with Crippen molar-refractivity contribution in [3.8, 4) is 0 Å². The second-order valence-electron chi connectivity index (χ2n) is 5.66. The van der Waals surface area contributed by atoms with Crippen LogP contribution in [0, 0.1) is 6.92 Å². The molecular weight excluding hydrogens is 276 g/mol. The van der Waals surface area contributed by atoms with E-state index < -0.39 is 5.97 Å². The lowest BCUT2D eigenvalue weighted by Crippen LogP contribution is -2.58. The van der Waals surface area contributed by atoms with Gasteiger partial charge in [-0.15, -0.1) is 0 Å². The Morgan fingerprint density at radius 1 is 1.48 bits per heavy atom. The number of carboxylic acid groups (broad SMARTS) is 1. The number of nitrogens with zero attached hydrogens (tertiary/aromatic N) is 1. The summed E-state index contributed by atoms with van der Waals surface area (Å²) in [6.45, 7) is 7.14. The Morgan fingerprint density at radius 3 is 2.76 bits per heavy atom. The van der Waals surface area contributed by atoms with E-state index in [0.717, 1.165) is 0 Å². The minimum absolute atomic E-state index is 0.117. The molecule has 116 valence electrons. The van der Waals surface area contributed by atoms with Gasteiger partial charge in [0.25, 0.3) is 0 Å². The normalized spacial score (nSPS) is 17.6.